The Bertz CT molecular complexity index is 586. The zero-order valence-corrected chi connectivity index (χ0v) is 10.5. The predicted molar refractivity (Wildman–Crippen MR) is 75.2 cm³/mol. The van der Waals surface area contributed by atoms with Crippen LogP contribution in [0.25, 0.3) is 10.9 Å². The number of hydrogen-bond acceptors (Lipinski definition) is 5. The monoisotopic (exact) mass is 260 g/mol. The van der Waals surface area contributed by atoms with E-state index in [2.05, 4.69) is 10.3 Å². The molecule has 100 valence electrons. The Morgan fingerprint density at radius 2 is 2.11 bits per heavy atom. The van der Waals surface area contributed by atoms with Gasteiger partial charge in [-0.3, -0.25) is 10.1 Å². The number of nitro groups is 1. The number of benzene rings is 1. The van der Waals surface area contributed by atoms with Gasteiger partial charge in [0.25, 0.3) is 5.69 Å². The van der Waals surface area contributed by atoms with Crippen LogP contribution in [0.2, 0.25) is 0 Å². The van der Waals surface area contributed by atoms with Gasteiger partial charge in [0.15, 0.2) is 0 Å². The third-order valence-electron chi connectivity index (χ3n) is 2.82. The number of nitrogens with two attached hydrogens (primary N) is 1. The lowest BCUT2D eigenvalue weighted by Gasteiger charge is -2.06. The summed E-state index contributed by atoms with van der Waals surface area (Å²) in [6.07, 6.45) is 1.98. The molecule has 0 aliphatic rings. The van der Waals surface area contributed by atoms with Crippen molar-refractivity contribution in [3.8, 4) is 0 Å². The second kappa shape index (κ2) is 6.10. The van der Waals surface area contributed by atoms with Crippen molar-refractivity contribution < 1.29 is 4.92 Å². The third-order valence-corrected chi connectivity index (χ3v) is 2.82. The maximum absolute atomic E-state index is 10.7. The summed E-state index contributed by atoms with van der Waals surface area (Å²) in [6, 6.07) is 8.32. The van der Waals surface area contributed by atoms with E-state index < -0.39 is 4.92 Å². The first-order chi connectivity index (χ1) is 9.20. The van der Waals surface area contributed by atoms with E-state index in [1.807, 2.05) is 12.1 Å². The number of hydrogen-bond donors (Lipinski definition) is 2. The molecule has 0 saturated heterocycles. The number of aromatic nitrogens is 1. The maximum atomic E-state index is 10.7. The van der Waals surface area contributed by atoms with E-state index >= 15 is 0 Å². The molecule has 6 nitrogen and oxygen atoms in total. The van der Waals surface area contributed by atoms with Crippen molar-refractivity contribution >= 4 is 22.4 Å². The molecule has 19 heavy (non-hydrogen) atoms. The average molecular weight is 260 g/mol. The average Bonchev–Trinajstić information content (AvgIpc) is 2.43. The van der Waals surface area contributed by atoms with Gasteiger partial charge in [-0.05, 0) is 37.6 Å². The summed E-state index contributed by atoms with van der Waals surface area (Å²) in [5, 5.41) is 14.7. The second-order valence-corrected chi connectivity index (χ2v) is 4.25. The van der Waals surface area contributed by atoms with E-state index in [9.17, 15) is 10.1 Å². The fourth-order valence-corrected chi connectivity index (χ4v) is 1.81. The Labute approximate surface area is 110 Å². The van der Waals surface area contributed by atoms with Gasteiger partial charge in [0.1, 0.15) is 5.82 Å². The number of anilines is 1. The van der Waals surface area contributed by atoms with Crippen molar-refractivity contribution in [2.24, 2.45) is 5.73 Å². The van der Waals surface area contributed by atoms with E-state index in [4.69, 9.17) is 5.73 Å². The highest BCUT2D eigenvalue weighted by Gasteiger charge is 2.06. The number of nitrogens with zero attached hydrogens (tertiary/aromatic N) is 2. The van der Waals surface area contributed by atoms with Crippen LogP contribution in [0.5, 0.6) is 0 Å². The molecule has 1 aromatic carbocycles. The minimum absolute atomic E-state index is 0.0814. The molecule has 0 amide bonds. The summed E-state index contributed by atoms with van der Waals surface area (Å²) >= 11 is 0. The minimum atomic E-state index is -0.404. The van der Waals surface area contributed by atoms with Gasteiger partial charge in [-0.2, -0.15) is 0 Å². The van der Waals surface area contributed by atoms with Gasteiger partial charge in [-0.1, -0.05) is 0 Å². The van der Waals surface area contributed by atoms with Crippen molar-refractivity contribution in [3.63, 3.8) is 0 Å². The summed E-state index contributed by atoms with van der Waals surface area (Å²) in [5.74, 6) is 0.776. The molecule has 0 spiro atoms. The largest absolute Gasteiger partial charge is 0.370 e. The molecule has 0 saturated carbocycles. The van der Waals surface area contributed by atoms with E-state index in [1.54, 1.807) is 6.07 Å². The van der Waals surface area contributed by atoms with E-state index in [0.717, 1.165) is 36.1 Å². The molecule has 3 N–H and O–H groups in total. The number of nitro benzene ring substituents is 1. The zero-order chi connectivity index (χ0) is 13.7. The molecule has 1 heterocycles. The number of non-ortho nitro benzene ring substituents is 1. The van der Waals surface area contributed by atoms with Gasteiger partial charge >= 0.3 is 0 Å². The number of pyridine rings is 1. The lowest BCUT2D eigenvalue weighted by Crippen LogP contribution is -2.06. The van der Waals surface area contributed by atoms with Crippen molar-refractivity contribution in [3.05, 3.63) is 40.4 Å². The molecular weight excluding hydrogens is 244 g/mol. The maximum Gasteiger partial charge on any atom is 0.270 e. The summed E-state index contributed by atoms with van der Waals surface area (Å²) in [7, 11) is 0. The van der Waals surface area contributed by atoms with Crippen LogP contribution in [0.4, 0.5) is 11.5 Å². The molecule has 0 aliphatic heterocycles. The first-order valence-corrected chi connectivity index (χ1v) is 6.20. The molecule has 0 bridgehead atoms. The van der Waals surface area contributed by atoms with Crippen LogP contribution in [0.3, 0.4) is 0 Å². The molecule has 0 aliphatic carbocycles. The fourth-order valence-electron chi connectivity index (χ4n) is 1.81. The highest BCUT2D eigenvalue weighted by atomic mass is 16.6. The fraction of sp³-hybridized carbons (Fsp3) is 0.308. The Morgan fingerprint density at radius 1 is 1.26 bits per heavy atom. The van der Waals surface area contributed by atoms with Gasteiger partial charge in [-0.15, -0.1) is 0 Å². The molecule has 0 radical (unpaired) electrons. The normalized spacial score (nSPS) is 10.6. The van der Waals surface area contributed by atoms with Crippen LogP contribution < -0.4 is 11.1 Å². The topological polar surface area (TPSA) is 94.1 Å². The minimum Gasteiger partial charge on any atom is -0.370 e. The lowest BCUT2D eigenvalue weighted by molar-refractivity contribution is -0.384. The number of unbranched alkanes of at least 4 members (excludes halogenated alkanes) is 1. The molecule has 1 aromatic heterocycles. The van der Waals surface area contributed by atoms with Crippen LogP contribution in [-0.2, 0) is 0 Å². The van der Waals surface area contributed by atoms with E-state index in [0.29, 0.717) is 6.54 Å². The smallest absolute Gasteiger partial charge is 0.270 e. The summed E-state index contributed by atoms with van der Waals surface area (Å²) < 4.78 is 0. The van der Waals surface area contributed by atoms with Crippen LogP contribution in [0.15, 0.2) is 30.3 Å². The zero-order valence-electron chi connectivity index (χ0n) is 10.5. The third kappa shape index (κ3) is 3.38. The van der Waals surface area contributed by atoms with Crippen LogP contribution >= 0.6 is 0 Å². The SMILES string of the molecule is NCCCCNc1ccc2cc([N+](=O)[O-])ccc2n1. The Balaban J connectivity index is 2.12. The quantitative estimate of drug-likeness (QED) is 0.472. The predicted octanol–water partition coefficient (Wildman–Crippen LogP) is 2.29. The Kier molecular flexibility index (Phi) is 4.25. The van der Waals surface area contributed by atoms with E-state index in [1.165, 1.54) is 12.1 Å². The molecule has 2 rings (SSSR count). The molecule has 6 heteroatoms. The summed E-state index contributed by atoms with van der Waals surface area (Å²) in [6.45, 7) is 1.51. The number of fused-ring (bicyclic) bond motifs is 1. The van der Waals surface area contributed by atoms with Gasteiger partial charge in [-0.25, -0.2) is 4.98 Å². The van der Waals surface area contributed by atoms with Crippen molar-refractivity contribution in [2.75, 3.05) is 18.4 Å². The van der Waals surface area contributed by atoms with Crippen LogP contribution in [-0.4, -0.2) is 23.0 Å². The van der Waals surface area contributed by atoms with Crippen molar-refractivity contribution in [2.45, 2.75) is 12.8 Å². The molecular formula is C13H16N4O2. The van der Waals surface area contributed by atoms with Gasteiger partial charge in [0.05, 0.1) is 10.4 Å². The Hall–Kier alpha value is -2.21. The van der Waals surface area contributed by atoms with Crippen LogP contribution in [0, 0.1) is 10.1 Å². The number of rotatable bonds is 6. The summed E-state index contributed by atoms with van der Waals surface area (Å²) in [4.78, 5) is 14.7. The first-order valence-electron chi connectivity index (χ1n) is 6.20. The highest BCUT2D eigenvalue weighted by molar-refractivity contribution is 5.82. The van der Waals surface area contributed by atoms with Gasteiger partial charge < -0.3 is 11.1 Å². The molecule has 0 unspecified atom stereocenters. The standard InChI is InChI=1S/C13H16N4O2/c14-7-1-2-8-15-13-6-3-10-9-11(17(18)19)4-5-12(10)16-13/h3-6,9H,1-2,7-8,14H2,(H,15,16). The van der Waals surface area contributed by atoms with E-state index in [-0.39, 0.29) is 5.69 Å². The first kappa shape index (κ1) is 13.2. The molecule has 2 aromatic rings. The summed E-state index contributed by atoms with van der Waals surface area (Å²) in [5.41, 5.74) is 6.25. The Morgan fingerprint density at radius 3 is 2.84 bits per heavy atom. The molecule has 0 fully saturated rings. The second-order valence-electron chi connectivity index (χ2n) is 4.25. The van der Waals surface area contributed by atoms with Crippen molar-refractivity contribution in [1.82, 2.24) is 4.98 Å². The van der Waals surface area contributed by atoms with Crippen LogP contribution in [0.1, 0.15) is 12.8 Å². The highest BCUT2D eigenvalue weighted by Crippen LogP contribution is 2.20. The van der Waals surface area contributed by atoms with Gasteiger partial charge in [0.2, 0.25) is 0 Å². The van der Waals surface area contributed by atoms with Gasteiger partial charge in [0, 0.05) is 24.1 Å². The van der Waals surface area contributed by atoms with Crippen molar-refractivity contribution in [1.29, 1.82) is 0 Å². The lowest BCUT2D eigenvalue weighted by atomic mass is 10.2. The number of nitrogens with one attached hydrogen (secondary N) is 1. The molecule has 0 atom stereocenters.